The molecule has 3 heteroatoms. The lowest BCUT2D eigenvalue weighted by Gasteiger charge is -2.01. The van der Waals surface area contributed by atoms with Gasteiger partial charge in [-0.1, -0.05) is 45.9 Å². The first kappa shape index (κ1) is 16.4. The second kappa shape index (κ2) is 8.48. The lowest BCUT2D eigenvalue weighted by Crippen LogP contribution is -2.26. The van der Waals surface area contributed by atoms with E-state index in [1.165, 1.54) is 0 Å². The highest BCUT2D eigenvalue weighted by Gasteiger charge is 2.14. The second-order valence-corrected chi connectivity index (χ2v) is 3.40. The number of hydrogen-bond donors (Lipinski definition) is 2. The molecule has 2 aromatic rings. The number of Topliss-reactive ketones (excluding diaryl/α,β-unsaturated/α-hetero) is 1. The van der Waals surface area contributed by atoms with Crippen LogP contribution in [0.2, 0.25) is 0 Å². The maximum Gasteiger partial charge on any atom is 0.181 e. The van der Waals surface area contributed by atoms with Crippen molar-refractivity contribution in [3.8, 4) is 0 Å². The first-order chi connectivity index (χ1) is 8.70. The fourth-order valence-corrected chi connectivity index (χ4v) is 1.52. The molecule has 0 bridgehead atoms. The van der Waals surface area contributed by atoms with Crippen LogP contribution in [0.15, 0.2) is 30.5 Å². The minimum atomic E-state index is -0.450. The molecule has 0 radical (unpaired) electrons. The summed E-state index contributed by atoms with van der Waals surface area (Å²) in [5.74, 6) is -0.0255. The molecule has 1 aromatic carbocycles. The summed E-state index contributed by atoms with van der Waals surface area (Å²) in [6.07, 6.45) is 1.72. The van der Waals surface area contributed by atoms with Gasteiger partial charge in [0.1, 0.15) is 0 Å². The van der Waals surface area contributed by atoms with Crippen LogP contribution >= 0.6 is 0 Å². The number of ketones is 1. The molecule has 100 valence electrons. The summed E-state index contributed by atoms with van der Waals surface area (Å²) in [6.45, 7) is 9.70. The van der Waals surface area contributed by atoms with Crippen LogP contribution in [0.25, 0.3) is 10.9 Å². The number of aromatic nitrogens is 1. The van der Waals surface area contributed by atoms with Crippen LogP contribution in [-0.2, 0) is 0 Å². The summed E-state index contributed by atoms with van der Waals surface area (Å²) in [4.78, 5) is 14.7. The molecule has 0 saturated carbocycles. The van der Waals surface area contributed by atoms with Crippen molar-refractivity contribution in [2.75, 3.05) is 0 Å². The maximum absolute atomic E-state index is 11.7. The number of benzene rings is 1. The number of rotatable bonds is 2. The fraction of sp³-hybridized carbons (Fsp3) is 0.400. The van der Waals surface area contributed by atoms with Gasteiger partial charge in [-0.05, 0) is 13.0 Å². The Labute approximate surface area is 109 Å². The molecule has 1 aromatic heterocycles. The molecule has 3 nitrogen and oxygen atoms in total. The Hall–Kier alpha value is -1.61. The molecule has 0 spiro atoms. The van der Waals surface area contributed by atoms with Crippen LogP contribution in [-0.4, -0.2) is 16.8 Å². The average Bonchev–Trinajstić information content (AvgIpc) is 2.86. The van der Waals surface area contributed by atoms with Crippen LogP contribution < -0.4 is 5.73 Å². The minimum Gasteiger partial charge on any atom is -0.360 e. The molecule has 0 saturated heterocycles. The zero-order chi connectivity index (χ0) is 14.1. The Kier molecular flexibility index (Phi) is 7.72. The van der Waals surface area contributed by atoms with E-state index in [0.29, 0.717) is 5.56 Å². The van der Waals surface area contributed by atoms with E-state index in [9.17, 15) is 4.79 Å². The molecule has 0 amide bonds. The topological polar surface area (TPSA) is 58.9 Å². The summed E-state index contributed by atoms with van der Waals surface area (Å²) in [7, 11) is 0. The van der Waals surface area contributed by atoms with Crippen molar-refractivity contribution in [1.82, 2.24) is 4.98 Å². The molecule has 0 unspecified atom stereocenters. The first-order valence-corrected chi connectivity index (χ1v) is 6.56. The van der Waals surface area contributed by atoms with E-state index in [2.05, 4.69) is 4.98 Å². The molecule has 0 aliphatic carbocycles. The van der Waals surface area contributed by atoms with E-state index in [-0.39, 0.29) is 5.78 Å². The van der Waals surface area contributed by atoms with Crippen molar-refractivity contribution in [3.05, 3.63) is 36.0 Å². The van der Waals surface area contributed by atoms with Gasteiger partial charge in [0.05, 0.1) is 6.04 Å². The maximum atomic E-state index is 11.7. The summed E-state index contributed by atoms with van der Waals surface area (Å²) in [6, 6.07) is 7.25. The molecule has 0 fully saturated rings. The first-order valence-electron chi connectivity index (χ1n) is 6.56. The van der Waals surface area contributed by atoms with Gasteiger partial charge in [-0.15, -0.1) is 0 Å². The predicted octanol–water partition coefficient (Wildman–Crippen LogP) is 3.75. The Morgan fingerprint density at radius 2 is 1.72 bits per heavy atom. The van der Waals surface area contributed by atoms with E-state index in [0.717, 1.165) is 10.9 Å². The molecule has 1 heterocycles. The van der Waals surface area contributed by atoms with Gasteiger partial charge in [0.25, 0.3) is 0 Å². The van der Waals surface area contributed by atoms with Crippen LogP contribution in [0.1, 0.15) is 45.0 Å². The van der Waals surface area contributed by atoms with Gasteiger partial charge in [0, 0.05) is 22.7 Å². The van der Waals surface area contributed by atoms with Gasteiger partial charge < -0.3 is 10.7 Å². The Bertz CT molecular complexity index is 472. The SMILES string of the molecule is CC.CC.C[C@H](N)C(=O)c1c[nH]c2ccccc12. The molecule has 3 N–H and O–H groups in total. The van der Waals surface area contributed by atoms with E-state index in [4.69, 9.17) is 5.73 Å². The highest BCUT2D eigenvalue weighted by molar-refractivity contribution is 6.10. The van der Waals surface area contributed by atoms with Crippen molar-refractivity contribution in [2.45, 2.75) is 40.7 Å². The van der Waals surface area contributed by atoms with Crippen molar-refractivity contribution in [1.29, 1.82) is 0 Å². The molecular formula is C15H24N2O. The molecular weight excluding hydrogens is 224 g/mol. The smallest absolute Gasteiger partial charge is 0.181 e. The number of H-pyrrole nitrogens is 1. The summed E-state index contributed by atoms with van der Waals surface area (Å²) < 4.78 is 0. The van der Waals surface area contributed by atoms with E-state index < -0.39 is 6.04 Å². The number of fused-ring (bicyclic) bond motifs is 1. The standard InChI is InChI=1S/C11H12N2O.2C2H6/c1-7(12)11(14)9-6-13-10-5-3-2-4-8(9)10;2*1-2/h2-7,13H,12H2,1H3;2*1-2H3/t7-;;/m0../s1. The van der Waals surface area contributed by atoms with Gasteiger partial charge in [-0.3, -0.25) is 4.79 Å². The van der Waals surface area contributed by atoms with Crippen molar-refractivity contribution < 1.29 is 4.79 Å². The number of hydrogen-bond acceptors (Lipinski definition) is 2. The number of carbonyl (C=O) groups excluding carboxylic acids is 1. The van der Waals surface area contributed by atoms with E-state index in [1.54, 1.807) is 13.1 Å². The van der Waals surface area contributed by atoms with Gasteiger partial charge in [0.15, 0.2) is 5.78 Å². The second-order valence-electron chi connectivity index (χ2n) is 3.40. The van der Waals surface area contributed by atoms with Crippen LogP contribution in [0.4, 0.5) is 0 Å². The predicted molar refractivity (Wildman–Crippen MR) is 79.0 cm³/mol. The van der Waals surface area contributed by atoms with Crippen LogP contribution in [0.3, 0.4) is 0 Å². The molecule has 2 rings (SSSR count). The highest BCUT2D eigenvalue weighted by Crippen LogP contribution is 2.18. The van der Waals surface area contributed by atoms with Gasteiger partial charge in [-0.25, -0.2) is 0 Å². The summed E-state index contributed by atoms with van der Waals surface area (Å²) in [5.41, 5.74) is 7.20. The zero-order valence-electron chi connectivity index (χ0n) is 11.9. The minimum absolute atomic E-state index is 0.0255. The number of nitrogens with one attached hydrogen (secondary N) is 1. The summed E-state index contributed by atoms with van der Waals surface area (Å²) >= 11 is 0. The monoisotopic (exact) mass is 248 g/mol. The third-order valence-electron chi connectivity index (χ3n) is 2.27. The number of para-hydroxylation sites is 1. The van der Waals surface area contributed by atoms with Gasteiger partial charge in [0.2, 0.25) is 0 Å². The Morgan fingerprint density at radius 3 is 2.28 bits per heavy atom. The largest absolute Gasteiger partial charge is 0.360 e. The number of aromatic amines is 1. The van der Waals surface area contributed by atoms with Gasteiger partial charge in [-0.2, -0.15) is 0 Å². The van der Waals surface area contributed by atoms with Gasteiger partial charge >= 0.3 is 0 Å². The average molecular weight is 248 g/mol. The fourth-order valence-electron chi connectivity index (χ4n) is 1.52. The number of carbonyl (C=O) groups is 1. The Balaban J connectivity index is 0.000000659. The van der Waals surface area contributed by atoms with Crippen molar-refractivity contribution >= 4 is 16.7 Å². The quantitative estimate of drug-likeness (QED) is 0.795. The third-order valence-corrected chi connectivity index (χ3v) is 2.27. The molecule has 1 atom stereocenters. The van der Waals surface area contributed by atoms with Crippen molar-refractivity contribution in [3.63, 3.8) is 0 Å². The normalized spacial score (nSPS) is 10.8. The third kappa shape index (κ3) is 3.70. The lowest BCUT2D eigenvalue weighted by molar-refractivity contribution is 0.0969. The molecule has 0 aliphatic rings. The summed E-state index contributed by atoms with van der Waals surface area (Å²) in [5, 5.41) is 0.940. The van der Waals surface area contributed by atoms with Crippen LogP contribution in [0.5, 0.6) is 0 Å². The van der Waals surface area contributed by atoms with E-state index >= 15 is 0 Å². The molecule has 0 aliphatic heterocycles. The lowest BCUT2D eigenvalue weighted by atomic mass is 10.1. The van der Waals surface area contributed by atoms with E-state index in [1.807, 2.05) is 52.0 Å². The molecule has 18 heavy (non-hydrogen) atoms. The Morgan fingerprint density at radius 1 is 1.17 bits per heavy atom. The zero-order valence-corrected chi connectivity index (χ0v) is 11.9. The van der Waals surface area contributed by atoms with Crippen molar-refractivity contribution in [2.24, 2.45) is 5.73 Å². The number of nitrogens with two attached hydrogens (primary N) is 1. The van der Waals surface area contributed by atoms with Crippen LogP contribution in [0, 0.1) is 0 Å². The highest BCUT2D eigenvalue weighted by atomic mass is 16.1.